The van der Waals surface area contributed by atoms with Crippen LogP contribution in [0.3, 0.4) is 0 Å². The maximum absolute atomic E-state index is 12.4. The van der Waals surface area contributed by atoms with Gasteiger partial charge in [0.2, 0.25) is 5.09 Å². The first-order chi connectivity index (χ1) is 9.11. The molecule has 1 aliphatic rings. The molecule has 0 radical (unpaired) electrons. The second kappa shape index (κ2) is 4.66. The van der Waals surface area contributed by atoms with Crippen molar-refractivity contribution in [3.8, 4) is 0 Å². The smallest absolute Gasteiger partial charge is 0.276 e. The molecule has 102 valence electrons. The van der Waals surface area contributed by atoms with Gasteiger partial charge in [0.1, 0.15) is 11.6 Å². The molecule has 0 bridgehead atoms. The van der Waals surface area contributed by atoms with Gasteiger partial charge in [0.05, 0.1) is 12.4 Å². The van der Waals surface area contributed by atoms with Crippen LogP contribution in [0.25, 0.3) is 0 Å². The van der Waals surface area contributed by atoms with E-state index in [4.69, 9.17) is 16.0 Å². The van der Waals surface area contributed by atoms with Crippen LogP contribution in [0, 0.1) is 0 Å². The van der Waals surface area contributed by atoms with Crippen molar-refractivity contribution >= 4 is 21.6 Å². The topological polar surface area (TPSA) is 68.3 Å². The van der Waals surface area contributed by atoms with E-state index in [0.29, 0.717) is 18.8 Å². The minimum absolute atomic E-state index is 0.0665. The van der Waals surface area contributed by atoms with E-state index in [1.165, 1.54) is 10.4 Å². The number of aromatic nitrogens is 2. The second-order valence-electron chi connectivity index (χ2n) is 4.23. The number of nitrogens with zero attached hydrogens (tertiary/aromatic N) is 3. The Morgan fingerprint density at radius 2 is 2.21 bits per heavy atom. The zero-order chi connectivity index (χ0) is 13.5. The molecule has 8 heteroatoms. The summed E-state index contributed by atoms with van der Waals surface area (Å²) in [6, 6.07) is 3.01. The molecular weight excluding hydrogens is 290 g/mol. The summed E-state index contributed by atoms with van der Waals surface area (Å²) < 4.78 is 33.3. The molecule has 0 spiro atoms. The number of hydrogen-bond donors (Lipinski definition) is 0. The van der Waals surface area contributed by atoms with Crippen molar-refractivity contribution < 1.29 is 12.8 Å². The lowest BCUT2D eigenvalue weighted by Gasteiger charge is -2.25. The predicted octanol–water partition coefficient (Wildman–Crippen LogP) is 1.42. The normalized spacial score (nSPS) is 16.5. The van der Waals surface area contributed by atoms with Gasteiger partial charge in [-0.05, 0) is 12.1 Å². The highest BCUT2D eigenvalue weighted by Crippen LogP contribution is 2.23. The van der Waals surface area contributed by atoms with Gasteiger partial charge in [0.25, 0.3) is 10.0 Å². The van der Waals surface area contributed by atoms with E-state index in [-0.39, 0.29) is 17.5 Å². The maximum atomic E-state index is 12.4. The minimum Gasteiger partial charge on any atom is -0.447 e. The first kappa shape index (κ1) is 12.7. The van der Waals surface area contributed by atoms with E-state index in [1.54, 1.807) is 12.3 Å². The SMILES string of the molecule is O=S(=O)(c1ccc(CCl)o1)N1CCn2ccnc2C1. The molecule has 2 aromatic heterocycles. The summed E-state index contributed by atoms with van der Waals surface area (Å²) in [6.45, 7) is 1.26. The predicted molar refractivity (Wildman–Crippen MR) is 68.1 cm³/mol. The highest BCUT2D eigenvalue weighted by atomic mass is 35.5. The average molecular weight is 302 g/mol. The second-order valence-corrected chi connectivity index (χ2v) is 6.37. The Labute approximate surface area is 115 Å². The van der Waals surface area contributed by atoms with Crippen molar-refractivity contribution in [2.24, 2.45) is 0 Å². The number of sulfonamides is 1. The summed E-state index contributed by atoms with van der Waals surface area (Å²) in [6.07, 6.45) is 3.52. The monoisotopic (exact) mass is 301 g/mol. The highest BCUT2D eigenvalue weighted by Gasteiger charge is 2.31. The fourth-order valence-electron chi connectivity index (χ4n) is 2.05. The van der Waals surface area contributed by atoms with Crippen molar-refractivity contribution in [1.82, 2.24) is 13.9 Å². The molecule has 0 unspecified atom stereocenters. The summed E-state index contributed by atoms with van der Waals surface area (Å²) in [5.74, 6) is 1.33. The Morgan fingerprint density at radius 1 is 1.37 bits per heavy atom. The maximum Gasteiger partial charge on any atom is 0.276 e. The van der Waals surface area contributed by atoms with Gasteiger partial charge in [-0.2, -0.15) is 4.31 Å². The number of imidazole rings is 1. The van der Waals surface area contributed by atoms with Gasteiger partial charge in [-0.1, -0.05) is 0 Å². The van der Waals surface area contributed by atoms with Gasteiger partial charge in [-0.25, -0.2) is 13.4 Å². The van der Waals surface area contributed by atoms with Gasteiger partial charge < -0.3 is 8.98 Å². The van der Waals surface area contributed by atoms with E-state index >= 15 is 0 Å². The van der Waals surface area contributed by atoms with Crippen LogP contribution in [-0.2, 0) is 29.0 Å². The van der Waals surface area contributed by atoms with Crippen LogP contribution in [0.15, 0.2) is 34.0 Å². The van der Waals surface area contributed by atoms with E-state index in [0.717, 1.165) is 5.82 Å². The molecule has 2 aromatic rings. The molecular formula is C11H12ClN3O3S. The van der Waals surface area contributed by atoms with E-state index in [9.17, 15) is 8.42 Å². The lowest BCUT2D eigenvalue weighted by atomic mass is 10.4. The summed E-state index contributed by atoms with van der Waals surface area (Å²) >= 11 is 5.61. The molecule has 0 saturated heterocycles. The van der Waals surface area contributed by atoms with E-state index < -0.39 is 10.0 Å². The lowest BCUT2D eigenvalue weighted by molar-refractivity contribution is 0.320. The van der Waals surface area contributed by atoms with Crippen LogP contribution >= 0.6 is 11.6 Å². The first-order valence-corrected chi connectivity index (χ1v) is 7.73. The number of halogens is 1. The molecule has 0 saturated carbocycles. The molecule has 3 rings (SSSR count). The molecule has 0 amide bonds. The van der Waals surface area contributed by atoms with Crippen LogP contribution in [-0.4, -0.2) is 28.8 Å². The molecule has 0 aliphatic carbocycles. The van der Waals surface area contributed by atoms with Gasteiger partial charge in [0, 0.05) is 25.5 Å². The number of furan rings is 1. The zero-order valence-electron chi connectivity index (χ0n) is 9.99. The molecule has 6 nitrogen and oxygen atoms in total. The van der Waals surface area contributed by atoms with Gasteiger partial charge in [0.15, 0.2) is 0 Å². The summed E-state index contributed by atoms with van der Waals surface area (Å²) in [5, 5.41) is -0.0665. The van der Waals surface area contributed by atoms with Crippen LogP contribution < -0.4 is 0 Å². The van der Waals surface area contributed by atoms with Crippen molar-refractivity contribution in [2.45, 2.75) is 24.1 Å². The van der Waals surface area contributed by atoms with Crippen molar-refractivity contribution in [2.75, 3.05) is 6.54 Å². The Bertz CT molecular complexity index is 692. The first-order valence-electron chi connectivity index (χ1n) is 5.76. The van der Waals surface area contributed by atoms with Crippen LogP contribution in [0.2, 0.25) is 0 Å². The van der Waals surface area contributed by atoms with Crippen molar-refractivity contribution in [1.29, 1.82) is 0 Å². The quantitative estimate of drug-likeness (QED) is 0.804. The van der Waals surface area contributed by atoms with Gasteiger partial charge >= 0.3 is 0 Å². The standard InChI is InChI=1S/C11H12ClN3O3S/c12-7-9-1-2-11(18-9)19(16,17)15-6-5-14-4-3-13-10(14)8-15/h1-4H,5-8H2. The Morgan fingerprint density at radius 3 is 2.95 bits per heavy atom. The number of hydrogen-bond acceptors (Lipinski definition) is 4. The largest absolute Gasteiger partial charge is 0.447 e. The highest BCUT2D eigenvalue weighted by molar-refractivity contribution is 7.89. The third-order valence-electron chi connectivity index (χ3n) is 3.07. The Kier molecular flexibility index (Phi) is 3.12. The number of rotatable bonds is 3. The third kappa shape index (κ3) is 2.18. The Hall–Kier alpha value is -1.31. The van der Waals surface area contributed by atoms with E-state index in [1.807, 2.05) is 10.8 Å². The van der Waals surface area contributed by atoms with E-state index in [2.05, 4.69) is 4.98 Å². The molecule has 1 aliphatic heterocycles. The van der Waals surface area contributed by atoms with Crippen molar-refractivity contribution in [3.63, 3.8) is 0 Å². The van der Waals surface area contributed by atoms with Gasteiger partial charge in [-0.3, -0.25) is 0 Å². The third-order valence-corrected chi connectivity index (χ3v) is 5.06. The van der Waals surface area contributed by atoms with Crippen LogP contribution in [0.5, 0.6) is 0 Å². The fourth-order valence-corrected chi connectivity index (χ4v) is 3.51. The van der Waals surface area contributed by atoms with Gasteiger partial charge in [-0.15, -0.1) is 11.6 Å². The average Bonchev–Trinajstić information content (AvgIpc) is 3.06. The molecule has 19 heavy (non-hydrogen) atoms. The van der Waals surface area contributed by atoms with Crippen LogP contribution in [0.1, 0.15) is 11.6 Å². The van der Waals surface area contributed by atoms with Crippen molar-refractivity contribution in [3.05, 3.63) is 36.1 Å². The van der Waals surface area contributed by atoms with Crippen LogP contribution in [0.4, 0.5) is 0 Å². The molecule has 0 aromatic carbocycles. The summed E-state index contributed by atoms with van der Waals surface area (Å²) in [5.41, 5.74) is 0. The molecule has 3 heterocycles. The Balaban J connectivity index is 1.89. The molecule has 0 N–H and O–H groups in total. The number of fused-ring (bicyclic) bond motifs is 1. The number of alkyl halides is 1. The molecule has 0 atom stereocenters. The summed E-state index contributed by atoms with van der Waals surface area (Å²) in [7, 11) is -3.62. The lowest BCUT2D eigenvalue weighted by Crippen LogP contribution is -2.38. The molecule has 0 fully saturated rings. The minimum atomic E-state index is -3.62. The fraction of sp³-hybridized carbons (Fsp3) is 0.364. The zero-order valence-corrected chi connectivity index (χ0v) is 11.6. The summed E-state index contributed by atoms with van der Waals surface area (Å²) in [4.78, 5) is 4.14.